The zero-order valence-electron chi connectivity index (χ0n) is 12.6. The van der Waals surface area contributed by atoms with Gasteiger partial charge in [-0.1, -0.05) is 18.2 Å². The Labute approximate surface area is 129 Å². The fourth-order valence-corrected chi connectivity index (χ4v) is 4.15. The van der Waals surface area contributed by atoms with E-state index in [0.717, 1.165) is 26.1 Å². The lowest BCUT2D eigenvalue weighted by Gasteiger charge is -2.24. The summed E-state index contributed by atoms with van der Waals surface area (Å²) in [6.45, 7) is 4.63. The average Bonchev–Trinajstić information content (AvgIpc) is 3.05. The topological polar surface area (TPSA) is 59.0 Å². The summed E-state index contributed by atoms with van der Waals surface area (Å²) in [6.07, 6.45) is 0.954. The van der Waals surface area contributed by atoms with Gasteiger partial charge >= 0.3 is 5.97 Å². The lowest BCUT2D eigenvalue weighted by atomic mass is 9.81. The van der Waals surface area contributed by atoms with Crippen molar-refractivity contribution in [3.05, 3.63) is 34.9 Å². The molecule has 2 fully saturated rings. The molecule has 2 atom stereocenters. The van der Waals surface area contributed by atoms with Gasteiger partial charge in [-0.2, -0.15) is 0 Å². The molecule has 1 aromatic rings. The summed E-state index contributed by atoms with van der Waals surface area (Å²) in [7, 11) is 0. The number of carboxylic acids is 1. The third-order valence-electron chi connectivity index (χ3n) is 5.39. The van der Waals surface area contributed by atoms with Crippen LogP contribution in [0, 0.1) is 11.3 Å². The van der Waals surface area contributed by atoms with Gasteiger partial charge in [-0.3, -0.25) is 9.69 Å². The molecule has 0 amide bonds. The third kappa shape index (κ3) is 2.16. The van der Waals surface area contributed by atoms with Crippen molar-refractivity contribution < 1.29 is 19.4 Å². The van der Waals surface area contributed by atoms with Crippen LogP contribution in [0.15, 0.2) is 18.2 Å². The van der Waals surface area contributed by atoms with Gasteiger partial charge in [0.15, 0.2) is 0 Å². The molecular formula is C17H21NO4. The van der Waals surface area contributed by atoms with Crippen LogP contribution in [-0.4, -0.2) is 48.9 Å². The van der Waals surface area contributed by atoms with E-state index in [2.05, 4.69) is 23.1 Å². The first-order chi connectivity index (χ1) is 10.7. The molecule has 5 heteroatoms. The summed E-state index contributed by atoms with van der Waals surface area (Å²) >= 11 is 0. The number of carboxylic acid groups (broad SMARTS) is 1. The Bertz CT molecular complexity index is 602. The molecule has 0 aliphatic carbocycles. The molecule has 118 valence electrons. The lowest BCUT2D eigenvalue weighted by Crippen LogP contribution is -2.39. The standard InChI is InChI=1S/C17H21NO4/c19-16(20)17-10-18(7-14(17)9-22-11-17)6-12-2-1-3-13-8-21-5-4-15(12)13/h1-3,14H,4-11H2,(H,19,20)/t14-,17-/m1/s1. The summed E-state index contributed by atoms with van der Waals surface area (Å²) in [5.41, 5.74) is 3.30. The van der Waals surface area contributed by atoms with E-state index in [4.69, 9.17) is 9.47 Å². The normalized spacial score (nSPS) is 31.0. The highest BCUT2D eigenvalue weighted by atomic mass is 16.5. The molecule has 0 saturated carbocycles. The monoisotopic (exact) mass is 303 g/mol. The second-order valence-corrected chi connectivity index (χ2v) is 6.70. The maximum Gasteiger partial charge on any atom is 0.313 e. The van der Waals surface area contributed by atoms with Crippen LogP contribution in [-0.2, 0) is 33.8 Å². The second-order valence-electron chi connectivity index (χ2n) is 6.70. The predicted octanol–water partition coefficient (Wildman–Crippen LogP) is 1.29. The number of aliphatic carboxylic acids is 1. The highest BCUT2D eigenvalue weighted by Gasteiger charge is 2.56. The van der Waals surface area contributed by atoms with Crippen molar-refractivity contribution in [1.29, 1.82) is 0 Å². The summed E-state index contributed by atoms with van der Waals surface area (Å²) in [6, 6.07) is 6.38. The summed E-state index contributed by atoms with van der Waals surface area (Å²) in [5, 5.41) is 9.63. The number of fused-ring (bicyclic) bond motifs is 2. The van der Waals surface area contributed by atoms with Crippen molar-refractivity contribution in [1.82, 2.24) is 4.90 Å². The zero-order valence-corrected chi connectivity index (χ0v) is 12.6. The van der Waals surface area contributed by atoms with Gasteiger partial charge in [0, 0.05) is 25.6 Å². The molecule has 0 unspecified atom stereocenters. The first-order valence-corrected chi connectivity index (χ1v) is 7.90. The van der Waals surface area contributed by atoms with Crippen molar-refractivity contribution in [3.8, 4) is 0 Å². The smallest absolute Gasteiger partial charge is 0.313 e. The highest BCUT2D eigenvalue weighted by Crippen LogP contribution is 2.42. The number of hydrogen-bond acceptors (Lipinski definition) is 4. The van der Waals surface area contributed by atoms with Crippen LogP contribution >= 0.6 is 0 Å². The van der Waals surface area contributed by atoms with Crippen molar-refractivity contribution in [2.45, 2.75) is 19.6 Å². The number of benzene rings is 1. The van der Waals surface area contributed by atoms with E-state index in [1.807, 2.05) is 0 Å². The van der Waals surface area contributed by atoms with Gasteiger partial charge < -0.3 is 14.6 Å². The minimum atomic E-state index is -0.707. The largest absolute Gasteiger partial charge is 0.481 e. The molecule has 3 heterocycles. The minimum absolute atomic E-state index is 0.118. The minimum Gasteiger partial charge on any atom is -0.481 e. The van der Waals surface area contributed by atoms with Crippen LogP contribution in [0.25, 0.3) is 0 Å². The van der Waals surface area contributed by atoms with Gasteiger partial charge in [-0.25, -0.2) is 0 Å². The summed E-state index contributed by atoms with van der Waals surface area (Å²) in [4.78, 5) is 14.0. The van der Waals surface area contributed by atoms with Gasteiger partial charge in [0.05, 0.1) is 26.4 Å². The predicted molar refractivity (Wildman–Crippen MR) is 79.5 cm³/mol. The molecule has 3 aliphatic rings. The van der Waals surface area contributed by atoms with Crippen LogP contribution in [0.5, 0.6) is 0 Å². The van der Waals surface area contributed by atoms with Crippen LogP contribution in [0.4, 0.5) is 0 Å². The highest BCUT2D eigenvalue weighted by molar-refractivity contribution is 5.76. The van der Waals surface area contributed by atoms with Crippen molar-refractivity contribution >= 4 is 5.97 Å². The summed E-state index contributed by atoms with van der Waals surface area (Å²) in [5.74, 6) is -0.589. The molecule has 3 aliphatic heterocycles. The molecular weight excluding hydrogens is 282 g/mol. The molecule has 0 radical (unpaired) electrons. The first-order valence-electron chi connectivity index (χ1n) is 7.90. The molecule has 0 bridgehead atoms. The van der Waals surface area contributed by atoms with Crippen LogP contribution in [0.3, 0.4) is 0 Å². The summed E-state index contributed by atoms with van der Waals surface area (Å²) < 4.78 is 11.0. The van der Waals surface area contributed by atoms with E-state index in [1.54, 1.807) is 0 Å². The van der Waals surface area contributed by atoms with E-state index < -0.39 is 11.4 Å². The van der Waals surface area contributed by atoms with Crippen LogP contribution < -0.4 is 0 Å². The first kappa shape index (κ1) is 14.2. The molecule has 4 rings (SSSR count). The van der Waals surface area contributed by atoms with Crippen LogP contribution in [0.1, 0.15) is 16.7 Å². The Morgan fingerprint density at radius 2 is 2.32 bits per heavy atom. The van der Waals surface area contributed by atoms with Crippen molar-refractivity contribution in [2.75, 3.05) is 32.9 Å². The number of likely N-dealkylation sites (tertiary alicyclic amines) is 1. The van der Waals surface area contributed by atoms with E-state index in [0.29, 0.717) is 26.4 Å². The molecule has 1 aromatic carbocycles. The SMILES string of the molecule is O=C(O)[C@]12COC[C@H]1CN(Cc1cccc3c1CCOC3)C2. The fraction of sp³-hybridized carbons (Fsp3) is 0.588. The molecule has 22 heavy (non-hydrogen) atoms. The number of ether oxygens (including phenoxy) is 2. The van der Waals surface area contributed by atoms with E-state index in [1.165, 1.54) is 16.7 Å². The van der Waals surface area contributed by atoms with Crippen molar-refractivity contribution in [3.63, 3.8) is 0 Å². The number of nitrogens with zero attached hydrogens (tertiary/aromatic N) is 1. The van der Waals surface area contributed by atoms with E-state index in [-0.39, 0.29) is 5.92 Å². The number of carbonyl (C=O) groups is 1. The van der Waals surface area contributed by atoms with Crippen LogP contribution in [0.2, 0.25) is 0 Å². The fourth-order valence-electron chi connectivity index (χ4n) is 4.15. The number of rotatable bonds is 3. The molecule has 1 N–H and O–H groups in total. The molecule has 2 saturated heterocycles. The maximum absolute atomic E-state index is 11.7. The second kappa shape index (κ2) is 5.33. The lowest BCUT2D eigenvalue weighted by molar-refractivity contribution is -0.149. The Morgan fingerprint density at radius 3 is 3.14 bits per heavy atom. The average molecular weight is 303 g/mol. The van der Waals surface area contributed by atoms with Crippen molar-refractivity contribution in [2.24, 2.45) is 11.3 Å². The van der Waals surface area contributed by atoms with E-state index in [9.17, 15) is 9.90 Å². The Kier molecular flexibility index (Phi) is 3.44. The molecule has 0 spiro atoms. The zero-order chi connectivity index (χ0) is 15.2. The Balaban J connectivity index is 1.55. The van der Waals surface area contributed by atoms with Gasteiger partial charge in [-0.05, 0) is 23.1 Å². The third-order valence-corrected chi connectivity index (χ3v) is 5.39. The number of hydrogen-bond donors (Lipinski definition) is 1. The Morgan fingerprint density at radius 1 is 1.41 bits per heavy atom. The van der Waals surface area contributed by atoms with Gasteiger partial charge in [0.1, 0.15) is 5.41 Å². The van der Waals surface area contributed by atoms with Gasteiger partial charge in [-0.15, -0.1) is 0 Å². The maximum atomic E-state index is 11.7. The Hall–Kier alpha value is -1.43. The van der Waals surface area contributed by atoms with Gasteiger partial charge in [0.2, 0.25) is 0 Å². The van der Waals surface area contributed by atoms with E-state index >= 15 is 0 Å². The molecule has 0 aromatic heterocycles. The molecule has 5 nitrogen and oxygen atoms in total. The van der Waals surface area contributed by atoms with Gasteiger partial charge in [0.25, 0.3) is 0 Å². The quantitative estimate of drug-likeness (QED) is 0.912.